The van der Waals surface area contributed by atoms with Crippen LogP contribution >= 0.6 is 0 Å². The van der Waals surface area contributed by atoms with Gasteiger partial charge in [-0.25, -0.2) is 4.98 Å². The molecule has 0 aromatic carbocycles. The van der Waals surface area contributed by atoms with Gasteiger partial charge in [-0.15, -0.1) is 6.42 Å². The third-order valence-corrected chi connectivity index (χ3v) is 5.54. The Morgan fingerprint density at radius 1 is 1.32 bits per heavy atom. The minimum atomic E-state index is -4.60. The summed E-state index contributed by atoms with van der Waals surface area (Å²) < 4.78 is 51.6. The maximum atomic E-state index is 13.4. The van der Waals surface area contributed by atoms with Crippen molar-refractivity contribution in [3.63, 3.8) is 0 Å². The highest BCUT2D eigenvalue weighted by molar-refractivity contribution is 6.01. The molecule has 34 heavy (non-hydrogen) atoms. The first kappa shape index (κ1) is 25.3. The molecule has 1 aliphatic heterocycles. The SMILES string of the molecule is C#CC(N)c1oc(C2=CC=C(OCCC)C3N=C(C(F)(F)F)C=CC23)nc1C(=O)N(CC)CC. The van der Waals surface area contributed by atoms with E-state index in [0.29, 0.717) is 37.4 Å². The monoisotopic (exact) mass is 476 g/mol. The Morgan fingerprint density at radius 2 is 2.03 bits per heavy atom. The number of fused-ring (bicyclic) bond motifs is 1. The van der Waals surface area contributed by atoms with Crippen molar-refractivity contribution in [3.05, 3.63) is 47.4 Å². The van der Waals surface area contributed by atoms with Gasteiger partial charge in [-0.2, -0.15) is 13.2 Å². The van der Waals surface area contributed by atoms with Crippen molar-refractivity contribution in [1.82, 2.24) is 9.88 Å². The van der Waals surface area contributed by atoms with Gasteiger partial charge in [0, 0.05) is 24.6 Å². The summed E-state index contributed by atoms with van der Waals surface area (Å²) in [4.78, 5) is 22.9. The highest BCUT2D eigenvalue weighted by Crippen LogP contribution is 2.40. The number of dihydropyridines is 1. The number of amides is 1. The van der Waals surface area contributed by atoms with Gasteiger partial charge in [-0.3, -0.25) is 9.79 Å². The van der Waals surface area contributed by atoms with Gasteiger partial charge in [0.15, 0.2) is 11.5 Å². The van der Waals surface area contributed by atoms with E-state index in [-0.39, 0.29) is 17.3 Å². The third kappa shape index (κ3) is 4.94. The van der Waals surface area contributed by atoms with Crippen LogP contribution in [0.15, 0.2) is 39.5 Å². The predicted octanol–water partition coefficient (Wildman–Crippen LogP) is 4.06. The Morgan fingerprint density at radius 3 is 2.62 bits per heavy atom. The molecule has 3 rings (SSSR count). The Bertz CT molecular complexity index is 1090. The molecule has 7 nitrogen and oxygen atoms in total. The molecule has 1 aromatic heterocycles. The average Bonchev–Trinajstić information content (AvgIpc) is 3.27. The molecule has 1 aliphatic carbocycles. The standard InChI is InChI=1S/C24H27F3N4O3/c1-5-13-33-17-11-9-15(14-10-12-18(24(25,26)27)29-19(14)17)22-30-20(21(34-22)16(28)6-2)23(32)31(7-3)8-4/h2,9-12,14,16,19H,5,7-8,13,28H2,1,3-4H3. The lowest BCUT2D eigenvalue weighted by Gasteiger charge is -2.31. The number of oxazole rings is 1. The number of allylic oxidation sites excluding steroid dienone is 3. The van der Waals surface area contributed by atoms with E-state index in [1.165, 1.54) is 6.08 Å². The van der Waals surface area contributed by atoms with Crippen LogP contribution in [0.5, 0.6) is 0 Å². The number of aromatic nitrogens is 1. The summed E-state index contributed by atoms with van der Waals surface area (Å²) >= 11 is 0. The van der Waals surface area contributed by atoms with E-state index in [9.17, 15) is 18.0 Å². The first-order valence-electron chi connectivity index (χ1n) is 11.1. The smallest absolute Gasteiger partial charge is 0.432 e. The fraction of sp³-hybridized carbons (Fsp3) is 0.458. The van der Waals surface area contributed by atoms with E-state index < -0.39 is 35.8 Å². The Kier molecular flexibility index (Phi) is 7.67. The van der Waals surface area contributed by atoms with Crippen molar-refractivity contribution in [2.45, 2.75) is 45.5 Å². The van der Waals surface area contributed by atoms with Crippen LogP contribution in [-0.2, 0) is 4.74 Å². The van der Waals surface area contributed by atoms with Gasteiger partial charge < -0.3 is 19.8 Å². The van der Waals surface area contributed by atoms with Crippen LogP contribution in [0.25, 0.3) is 5.57 Å². The second-order valence-electron chi connectivity index (χ2n) is 7.73. The van der Waals surface area contributed by atoms with Crippen LogP contribution in [0, 0.1) is 18.3 Å². The van der Waals surface area contributed by atoms with Crippen LogP contribution in [0.1, 0.15) is 55.4 Å². The number of ether oxygens (including phenoxy) is 1. The Balaban J connectivity index is 2.09. The number of carbonyl (C=O) groups excluding carboxylic acids is 1. The van der Waals surface area contributed by atoms with Crippen molar-refractivity contribution < 1.29 is 27.1 Å². The first-order valence-corrected chi connectivity index (χ1v) is 11.1. The summed E-state index contributed by atoms with van der Waals surface area (Å²) in [6.07, 6.45) is 7.07. The molecule has 0 fully saturated rings. The molecule has 2 N–H and O–H groups in total. The van der Waals surface area contributed by atoms with Crippen molar-refractivity contribution in [1.29, 1.82) is 0 Å². The lowest BCUT2D eigenvalue weighted by atomic mass is 9.83. The summed E-state index contributed by atoms with van der Waals surface area (Å²) in [6.45, 7) is 6.75. The molecule has 1 aromatic rings. The van der Waals surface area contributed by atoms with Crippen molar-refractivity contribution in [3.8, 4) is 12.3 Å². The molecule has 3 atom stereocenters. The number of rotatable bonds is 8. The second-order valence-corrected chi connectivity index (χ2v) is 7.73. The van der Waals surface area contributed by atoms with E-state index >= 15 is 0 Å². The summed E-state index contributed by atoms with van der Waals surface area (Å²) in [5.41, 5.74) is 5.41. The van der Waals surface area contributed by atoms with E-state index in [0.717, 1.165) is 6.08 Å². The summed E-state index contributed by atoms with van der Waals surface area (Å²) in [5.74, 6) is 1.69. The minimum absolute atomic E-state index is 0.0159. The molecule has 0 radical (unpaired) electrons. The van der Waals surface area contributed by atoms with Crippen molar-refractivity contribution >= 4 is 17.2 Å². The molecular formula is C24H27F3N4O3. The zero-order valence-electron chi connectivity index (χ0n) is 19.2. The quantitative estimate of drug-likeness (QED) is 0.572. The van der Waals surface area contributed by atoms with Gasteiger partial charge in [0.05, 0.1) is 6.61 Å². The highest BCUT2D eigenvalue weighted by Gasteiger charge is 2.42. The molecule has 0 bridgehead atoms. The normalized spacial score (nSPS) is 20.5. The molecule has 10 heteroatoms. The van der Waals surface area contributed by atoms with Crippen LogP contribution < -0.4 is 5.73 Å². The molecule has 0 saturated heterocycles. The molecule has 182 valence electrons. The van der Waals surface area contributed by atoms with E-state index in [2.05, 4.69) is 15.9 Å². The van der Waals surface area contributed by atoms with Gasteiger partial charge in [0.1, 0.15) is 23.6 Å². The van der Waals surface area contributed by atoms with Crippen molar-refractivity contribution in [2.75, 3.05) is 19.7 Å². The minimum Gasteiger partial charge on any atom is -0.496 e. The maximum absolute atomic E-state index is 13.4. The molecule has 3 unspecified atom stereocenters. The number of aliphatic imine (C=N–C) groups is 1. The first-order chi connectivity index (χ1) is 16.2. The lowest BCUT2D eigenvalue weighted by molar-refractivity contribution is -0.0583. The Labute approximate surface area is 196 Å². The van der Waals surface area contributed by atoms with E-state index in [1.54, 1.807) is 17.1 Å². The number of terminal acetylenes is 1. The number of hydrogen-bond acceptors (Lipinski definition) is 6. The van der Waals surface area contributed by atoms with Gasteiger partial charge in [-0.05, 0) is 38.5 Å². The zero-order chi connectivity index (χ0) is 25.0. The fourth-order valence-electron chi connectivity index (χ4n) is 3.76. The summed E-state index contributed by atoms with van der Waals surface area (Å²) in [7, 11) is 0. The Hall–Kier alpha value is -3.32. The second kappa shape index (κ2) is 10.3. The summed E-state index contributed by atoms with van der Waals surface area (Å²) in [6, 6.07) is -1.97. The molecule has 0 spiro atoms. The van der Waals surface area contributed by atoms with E-state index in [1.807, 2.05) is 20.8 Å². The molecule has 2 heterocycles. The third-order valence-electron chi connectivity index (χ3n) is 5.54. The molecular weight excluding hydrogens is 449 g/mol. The van der Waals surface area contributed by atoms with Gasteiger partial charge in [-0.1, -0.05) is 18.9 Å². The molecule has 0 saturated carbocycles. The van der Waals surface area contributed by atoms with Crippen LogP contribution in [0.2, 0.25) is 0 Å². The van der Waals surface area contributed by atoms with Crippen LogP contribution in [0.3, 0.4) is 0 Å². The predicted molar refractivity (Wildman–Crippen MR) is 122 cm³/mol. The van der Waals surface area contributed by atoms with Gasteiger partial charge >= 0.3 is 6.18 Å². The largest absolute Gasteiger partial charge is 0.496 e. The zero-order valence-corrected chi connectivity index (χ0v) is 19.2. The maximum Gasteiger partial charge on any atom is 0.432 e. The molecule has 1 amide bonds. The fourth-order valence-corrected chi connectivity index (χ4v) is 3.76. The van der Waals surface area contributed by atoms with Crippen LogP contribution in [0.4, 0.5) is 13.2 Å². The highest BCUT2D eigenvalue weighted by atomic mass is 19.4. The topological polar surface area (TPSA) is 94.0 Å². The van der Waals surface area contributed by atoms with E-state index in [4.69, 9.17) is 21.3 Å². The number of hydrogen-bond donors (Lipinski definition) is 1. The molecule has 2 aliphatic rings. The lowest BCUT2D eigenvalue weighted by Crippen LogP contribution is -2.33. The number of halogens is 3. The number of alkyl halides is 3. The van der Waals surface area contributed by atoms with Gasteiger partial charge in [0.25, 0.3) is 5.91 Å². The average molecular weight is 476 g/mol. The van der Waals surface area contributed by atoms with Crippen LogP contribution in [-0.4, -0.2) is 53.4 Å². The number of nitrogens with two attached hydrogens (primary N) is 1. The van der Waals surface area contributed by atoms with Crippen molar-refractivity contribution in [2.24, 2.45) is 16.6 Å². The summed E-state index contributed by atoms with van der Waals surface area (Å²) in [5, 5.41) is 0. The van der Waals surface area contributed by atoms with Gasteiger partial charge in [0.2, 0.25) is 5.89 Å². The number of nitrogens with zero attached hydrogens (tertiary/aromatic N) is 3. The number of carbonyl (C=O) groups is 1.